The average molecular weight is 669 g/mol. The summed E-state index contributed by atoms with van der Waals surface area (Å²) in [6, 6.07) is 4.38. The summed E-state index contributed by atoms with van der Waals surface area (Å²) in [5, 5.41) is 12.3. The van der Waals surface area contributed by atoms with Crippen LogP contribution in [-0.4, -0.2) is 109 Å². The number of nitrogens with two attached hydrogens (primary N) is 2. The van der Waals surface area contributed by atoms with E-state index in [2.05, 4.69) is 20.0 Å². The van der Waals surface area contributed by atoms with Crippen molar-refractivity contribution in [1.29, 1.82) is 0 Å². The second-order valence-electron chi connectivity index (χ2n) is 9.75. The number of anilines is 3. The van der Waals surface area contributed by atoms with Crippen molar-refractivity contribution in [2.75, 3.05) is 70.0 Å². The number of rotatable bonds is 16. The molecule has 2 heterocycles. The fourth-order valence-corrected chi connectivity index (χ4v) is 4.41. The molecule has 19 heteroatoms. The van der Waals surface area contributed by atoms with Crippen molar-refractivity contribution in [2.24, 2.45) is 0 Å². The molecule has 1 aliphatic heterocycles. The summed E-state index contributed by atoms with van der Waals surface area (Å²) >= 11 is 5.75. The van der Waals surface area contributed by atoms with Crippen molar-refractivity contribution in [1.82, 2.24) is 14.9 Å². The predicted octanol–water partition coefficient (Wildman–Crippen LogP) is 2.26. The van der Waals surface area contributed by atoms with Gasteiger partial charge in [0.15, 0.2) is 17.9 Å². The van der Waals surface area contributed by atoms with E-state index in [0.717, 1.165) is 12.1 Å². The summed E-state index contributed by atoms with van der Waals surface area (Å²) in [7, 11) is 1.19. The molecule has 3 unspecified atom stereocenters. The normalized spacial score (nSPS) is 16.8. The van der Waals surface area contributed by atoms with Gasteiger partial charge in [-0.25, -0.2) is 14.0 Å². The summed E-state index contributed by atoms with van der Waals surface area (Å²) in [5.74, 6) is -4.18. The van der Waals surface area contributed by atoms with E-state index in [1.54, 1.807) is 0 Å². The first kappa shape index (κ1) is 35.8. The Morgan fingerprint density at radius 1 is 1.22 bits per heavy atom. The Morgan fingerprint density at radius 2 is 1.93 bits per heavy atom. The summed E-state index contributed by atoms with van der Waals surface area (Å²) in [5.41, 5.74) is 8.38. The van der Waals surface area contributed by atoms with Crippen LogP contribution in [0.1, 0.15) is 12.0 Å². The predicted molar refractivity (Wildman–Crippen MR) is 151 cm³/mol. The van der Waals surface area contributed by atoms with Crippen molar-refractivity contribution < 1.29 is 55.9 Å². The number of carboxylic acid groups (broad SMARTS) is 1. The summed E-state index contributed by atoms with van der Waals surface area (Å²) in [6.45, 7) is 1.46. The lowest BCUT2D eigenvalue weighted by Crippen LogP contribution is -2.53. The minimum atomic E-state index is -5.02. The van der Waals surface area contributed by atoms with E-state index in [9.17, 15) is 27.9 Å². The molecule has 14 nitrogen and oxygen atoms in total. The van der Waals surface area contributed by atoms with Gasteiger partial charge in [-0.05, 0) is 29.3 Å². The molecule has 45 heavy (non-hydrogen) atoms. The van der Waals surface area contributed by atoms with Crippen molar-refractivity contribution in [3.05, 3.63) is 35.1 Å². The molecule has 3 atom stereocenters. The topological polar surface area (TPSA) is 194 Å². The van der Waals surface area contributed by atoms with Gasteiger partial charge in [0.2, 0.25) is 5.28 Å². The van der Waals surface area contributed by atoms with E-state index < -0.39 is 61.5 Å². The lowest BCUT2D eigenvalue weighted by Gasteiger charge is -2.31. The van der Waals surface area contributed by atoms with Crippen LogP contribution in [-0.2, 0) is 35.0 Å². The molecule has 0 saturated carbocycles. The van der Waals surface area contributed by atoms with Crippen molar-refractivity contribution in [2.45, 2.75) is 37.2 Å². The van der Waals surface area contributed by atoms with Crippen LogP contribution < -0.4 is 21.5 Å². The van der Waals surface area contributed by atoms with E-state index in [4.69, 9.17) is 42.0 Å². The Kier molecular flexibility index (Phi) is 12.7. The lowest BCUT2D eigenvalue weighted by atomic mass is 9.93. The number of aromatic nitrogens is 2. The fraction of sp³-hybridized carbons (Fsp3) is 0.538. The monoisotopic (exact) mass is 668 g/mol. The number of benzene rings is 1. The number of nitrogens with one attached hydrogen (secondary N) is 1. The number of esters is 1. The number of hydrogen-bond acceptors (Lipinski definition) is 13. The molecule has 0 spiro atoms. The van der Waals surface area contributed by atoms with Crippen molar-refractivity contribution >= 4 is 40.9 Å². The molecule has 2 aromatic rings. The highest BCUT2D eigenvalue weighted by Gasteiger charge is 2.50. The number of halogens is 5. The summed E-state index contributed by atoms with van der Waals surface area (Å²) < 4.78 is 78.8. The number of morpholine rings is 1. The molecule has 250 valence electrons. The number of hydrogen-bond donors (Lipinski definition) is 4. The van der Waals surface area contributed by atoms with Crippen LogP contribution in [0.2, 0.25) is 5.28 Å². The number of aliphatic carboxylic acids is 1. The number of methoxy groups -OCH3 is 1. The molecule has 3 rings (SSSR count). The minimum absolute atomic E-state index is 0.0583. The molecule has 1 fully saturated rings. The first-order chi connectivity index (χ1) is 21.2. The maximum Gasteiger partial charge on any atom is 0.573 e. The van der Waals surface area contributed by atoms with Crippen LogP contribution in [0.5, 0.6) is 5.75 Å². The van der Waals surface area contributed by atoms with Crippen LogP contribution in [0.3, 0.4) is 0 Å². The Morgan fingerprint density at radius 3 is 2.58 bits per heavy atom. The largest absolute Gasteiger partial charge is 0.573 e. The molecule has 1 aromatic heterocycles. The molecule has 0 amide bonds. The fourth-order valence-electron chi connectivity index (χ4n) is 4.23. The van der Waals surface area contributed by atoms with Crippen molar-refractivity contribution in [3.63, 3.8) is 0 Å². The van der Waals surface area contributed by atoms with Crippen LogP contribution in [0.25, 0.3) is 0 Å². The van der Waals surface area contributed by atoms with Crippen molar-refractivity contribution in [3.8, 4) is 5.75 Å². The maximum atomic E-state index is 15.0. The SMILES string of the molecule is COC(COC(Cc1cccc(OC(F)(F)F)c1)(C(=O)O)C(=O)OCCN1CCOCC1)CC(F)Nc1nc(Cl)nc(N)c1N. The molecule has 1 aromatic carbocycles. The Balaban J connectivity index is 1.79. The Hall–Kier alpha value is -3.71. The van der Waals surface area contributed by atoms with Gasteiger partial charge in [0.1, 0.15) is 18.0 Å². The summed E-state index contributed by atoms with van der Waals surface area (Å²) in [6.07, 6.45) is -9.34. The highest BCUT2D eigenvalue weighted by molar-refractivity contribution is 6.28. The number of carbonyl (C=O) groups is 2. The van der Waals surface area contributed by atoms with Gasteiger partial charge >= 0.3 is 18.3 Å². The van der Waals surface area contributed by atoms with Gasteiger partial charge in [-0.15, -0.1) is 13.2 Å². The zero-order valence-electron chi connectivity index (χ0n) is 24.0. The van der Waals surface area contributed by atoms with E-state index >= 15 is 4.39 Å². The number of carboxylic acids is 1. The average Bonchev–Trinajstić information content (AvgIpc) is 2.96. The Labute approximate surface area is 259 Å². The third-order valence-electron chi connectivity index (χ3n) is 6.56. The quantitative estimate of drug-likeness (QED) is 0.0669. The van der Waals surface area contributed by atoms with Crippen LogP contribution in [0.4, 0.5) is 34.9 Å². The van der Waals surface area contributed by atoms with Crippen LogP contribution in [0, 0.1) is 0 Å². The zero-order chi connectivity index (χ0) is 33.2. The van der Waals surface area contributed by atoms with Crippen LogP contribution in [0.15, 0.2) is 24.3 Å². The van der Waals surface area contributed by atoms with Gasteiger partial charge in [-0.1, -0.05) is 12.1 Å². The maximum absolute atomic E-state index is 15.0. The minimum Gasteiger partial charge on any atom is -0.479 e. The van der Waals surface area contributed by atoms with E-state index in [0.29, 0.717) is 26.3 Å². The number of alkyl halides is 4. The first-order valence-electron chi connectivity index (χ1n) is 13.4. The summed E-state index contributed by atoms with van der Waals surface area (Å²) in [4.78, 5) is 35.4. The van der Waals surface area contributed by atoms with Gasteiger partial charge in [-0.2, -0.15) is 9.97 Å². The second-order valence-corrected chi connectivity index (χ2v) is 10.1. The number of nitrogens with zero attached hydrogens (tertiary/aromatic N) is 3. The van der Waals surface area contributed by atoms with Gasteiger partial charge < -0.3 is 45.6 Å². The molecular formula is C26H33ClF4N6O8. The molecule has 1 aliphatic rings. The zero-order valence-corrected chi connectivity index (χ0v) is 24.8. The first-order valence-corrected chi connectivity index (χ1v) is 13.8. The van der Waals surface area contributed by atoms with E-state index in [1.807, 2.05) is 4.90 Å². The molecule has 0 bridgehead atoms. The lowest BCUT2D eigenvalue weighted by molar-refractivity contribution is -0.274. The number of carbonyl (C=O) groups excluding carboxylic acids is 1. The van der Waals surface area contributed by atoms with Gasteiger partial charge in [0.05, 0.1) is 25.9 Å². The smallest absolute Gasteiger partial charge is 0.479 e. The molecule has 1 saturated heterocycles. The van der Waals surface area contributed by atoms with Crippen LogP contribution >= 0.6 is 11.6 Å². The Bertz CT molecular complexity index is 1310. The number of nitrogen functional groups attached to an aromatic ring is 2. The third-order valence-corrected chi connectivity index (χ3v) is 6.73. The third kappa shape index (κ3) is 10.7. The molecule has 6 N–H and O–H groups in total. The highest BCUT2D eigenvalue weighted by atomic mass is 35.5. The highest BCUT2D eigenvalue weighted by Crippen LogP contribution is 2.29. The standard InChI is InChI=1S/C26H33ClF4N6O8/c1-41-17(12-18(28)34-21-19(32)20(33)35-24(27)36-21)14-44-25(22(38)39,23(40)43-10-7-37-5-8-42-9-6-37)13-15-3-2-4-16(11-15)45-26(29,30)31/h2-4,11,17-18H,5-10,12-14,32H2,1H3,(H,38,39)(H3,33,34,35,36). The second kappa shape index (κ2) is 16.0. The van der Waals surface area contributed by atoms with Gasteiger partial charge in [0.25, 0.3) is 5.60 Å². The van der Waals surface area contributed by atoms with E-state index in [1.165, 1.54) is 19.2 Å². The molecular weight excluding hydrogens is 636 g/mol. The molecule has 0 radical (unpaired) electrons. The van der Waals surface area contributed by atoms with Gasteiger partial charge in [0, 0.05) is 39.6 Å². The number of ether oxygens (including phenoxy) is 5. The molecule has 0 aliphatic carbocycles. The van der Waals surface area contributed by atoms with E-state index in [-0.39, 0.29) is 41.3 Å². The van der Waals surface area contributed by atoms with Gasteiger partial charge in [-0.3, -0.25) is 4.90 Å².